The summed E-state index contributed by atoms with van der Waals surface area (Å²) in [5.41, 5.74) is 1.86. The van der Waals surface area contributed by atoms with Crippen LogP contribution in [-0.2, 0) is 16.1 Å². The summed E-state index contributed by atoms with van der Waals surface area (Å²) in [4.78, 5) is 14.9. The zero-order chi connectivity index (χ0) is 21.2. The van der Waals surface area contributed by atoms with Gasteiger partial charge in [-0.3, -0.25) is 9.20 Å². The van der Waals surface area contributed by atoms with Crippen LogP contribution in [0.1, 0.15) is 24.7 Å². The first-order chi connectivity index (χ1) is 15.3. The Morgan fingerprint density at radius 3 is 2.97 bits per heavy atom. The molecule has 4 heterocycles. The monoisotopic (exact) mass is 419 g/mol. The number of carbonyl (C=O) groups excluding carboxylic acids is 1. The van der Waals surface area contributed by atoms with E-state index in [4.69, 9.17) is 9.47 Å². The third-order valence-corrected chi connectivity index (χ3v) is 5.87. The number of rotatable bonds is 7. The highest BCUT2D eigenvalue weighted by Crippen LogP contribution is 2.32. The molecule has 8 nitrogen and oxygen atoms in total. The van der Waals surface area contributed by atoms with Crippen LogP contribution in [0.3, 0.4) is 0 Å². The SMILES string of the molecule is COCCn1ccc2c(OCC(=O)N3CCCC3c3nnc4ccccn34)cccc21. The molecule has 0 N–H and O–H groups in total. The number of likely N-dealkylation sites (tertiary alicyclic amines) is 1. The number of benzene rings is 1. The number of carbonyl (C=O) groups is 1. The predicted octanol–water partition coefficient (Wildman–Crippen LogP) is 3.07. The minimum atomic E-state index is -0.0839. The molecule has 3 aromatic heterocycles. The highest BCUT2D eigenvalue weighted by Gasteiger charge is 2.33. The molecule has 0 saturated carbocycles. The second-order valence-corrected chi connectivity index (χ2v) is 7.71. The van der Waals surface area contributed by atoms with Gasteiger partial charge in [0.05, 0.1) is 18.2 Å². The highest BCUT2D eigenvalue weighted by molar-refractivity contribution is 5.87. The van der Waals surface area contributed by atoms with Crippen molar-refractivity contribution in [2.45, 2.75) is 25.4 Å². The minimum Gasteiger partial charge on any atom is -0.483 e. The zero-order valence-corrected chi connectivity index (χ0v) is 17.5. The lowest BCUT2D eigenvalue weighted by atomic mass is 10.2. The molecule has 1 unspecified atom stereocenters. The van der Waals surface area contributed by atoms with Crippen molar-refractivity contribution in [1.82, 2.24) is 24.1 Å². The maximum absolute atomic E-state index is 13.1. The summed E-state index contributed by atoms with van der Waals surface area (Å²) in [5.74, 6) is 1.48. The fourth-order valence-electron chi connectivity index (χ4n) is 4.35. The first-order valence-corrected chi connectivity index (χ1v) is 10.5. The molecule has 160 valence electrons. The van der Waals surface area contributed by atoms with Gasteiger partial charge in [-0.1, -0.05) is 12.1 Å². The Morgan fingerprint density at radius 2 is 2.06 bits per heavy atom. The maximum atomic E-state index is 13.1. The van der Waals surface area contributed by atoms with Crippen molar-refractivity contribution < 1.29 is 14.3 Å². The smallest absolute Gasteiger partial charge is 0.261 e. The van der Waals surface area contributed by atoms with Gasteiger partial charge in [-0.25, -0.2) is 0 Å². The maximum Gasteiger partial charge on any atom is 0.261 e. The summed E-state index contributed by atoms with van der Waals surface area (Å²) in [6.45, 7) is 2.10. The standard InChI is InChI=1S/C23H25N5O3/c1-30-15-14-26-13-10-17-18(26)6-4-8-20(17)31-16-22(29)27-12-5-7-19(27)23-25-24-21-9-2-3-11-28(21)23/h2-4,6,8-11,13,19H,5,7,12,14-16H2,1H3. The van der Waals surface area contributed by atoms with Gasteiger partial charge in [-0.15, -0.1) is 10.2 Å². The average Bonchev–Trinajstić information content (AvgIpc) is 3.53. The number of amides is 1. The molecule has 1 fully saturated rings. The second kappa shape index (κ2) is 8.39. The topological polar surface area (TPSA) is 73.9 Å². The average molecular weight is 419 g/mol. The molecule has 5 rings (SSSR count). The van der Waals surface area contributed by atoms with E-state index in [9.17, 15) is 4.79 Å². The first kappa shape index (κ1) is 19.6. The van der Waals surface area contributed by atoms with E-state index in [-0.39, 0.29) is 18.6 Å². The first-order valence-electron chi connectivity index (χ1n) is 10.5. The summed E-state index contributed by atoms with van der Waals surface area (Å²) in [7, 11) is 1.69. The van der Waals surface area contributed by atoms with E-state index in [0.29, 0.717) is 18.9 Å². The molecule has 1 amide bonds. The number of nitrogens with zero attached hydrogens (tertiary/aromatic N) is 5. The lowest BCUT2D eigenvalue weighted by Gasteiger charge is -2.23. The molecule has 0 bridgehead atoms. The molecule has 31 heavy (non-hydrogen) atoms. The molecule has 1 saturated heterocycles. The van der Waals surface area contributed by atoms with Gasteiger partial charge in [-0.2, -0.15) is 0 Å². The van der Waals surface area contributed by atoms with Crippen LogP contribution in [0, 0.1) is 0 Å². The molecule has 1 aliphatic rings. The lowest BCUT2D eigenvalue weighted by Crippen LogP contribution is -2.35. The van der Waals surface area contributed by atoms with E-state index in [1.165, 1.54) is 0 Å². The van der Waals surface area contributed by atoms with Crippen molar-refractivity contribution in [3.05, 3.63) is 60.7 Å². The molecule has 0 radical (unpaired) electrons. The summed E-state index contributed by atoms with van der Waals surface area (Å²) in [6, 6.07) is 13.6. The molecular formula is C23H25N5O3. The molecule has 1 atom stereocenters. The van der Waals surface area contributed by atoms with Crippen LogP contribution in [0.25, 0.3) is 16.6 Å². The van der Waals surface area contributed by atoms with Crippen molar-refractivity contribution in [3.63, 3.8) is 0 Å². The van der Waals surface area contributed by atoms with E-state index in [0.717, 1.165) is 41.8 Å². The Balaban J connectivity index is 1.32. The highest BCUT2D eigenvalue weighted by atomic mass is 16.5. The summed E-state index contributed by atoms with van der Waals surface area (Å²) >= 11 is 0. The summed E-state index contributed by atoms with van der Waals surface area (Å²) in [5, 5.41) is 9.60. The Hall–Kier alpha value is -3.39. The third-order valence-electron chi connectivity index (χ3n) is 5.87. The summed E-state index contributed by atoms with van der Waals surface area (Å²) < 4.78 is 15.3. The van der Waals surface area contributed by atoms with Crippen molar-refractivity contribution in [2.24, 2.45) is 0 Å². The van der Waals surface area contributed by atoms with Gasteiger partial charge < -0.3 is 18.9 Å². The number of methoxy groups -OCH3 is 1. The van der Waals surface area contributed by atoms with Gasteiger partial charge in [0.2, 0.25) is 0 Å². The molecule has 8 heteroatoms. The second-order valence-electron chi connectivity index (χ2n) is 7.71. The van der Waals surface area contributed by atoms with Crippen molar-refractivity contribution in [2.75, 3.05) is 26.9 Å². The van der Waals surface area contributed by atoms with Gasteiger partial charge in [0.15, 0.2) is 18.1 Å². The van der Waals surface area contributed by atoms with Gasteiger partial charge in [0, 0.05) is 38.0 Å². The molecular weight excluding hydrogens is 394 g/mol. The van der Waals surface area contributed by atoms with Gasteiger partial charge >= 0.3 is 0 Å². The molecule has 1 aliphatic heterocycles. The number of ether oxygens (including phenoxy) is 2. The number of fused-ring (bicyclic) bond motifs is 2. The fourth-order valence-corrected chi connectivity index (χ4v) is 4.35. The Kier molecular flexibility index (Phi) is 5.30. The Bertz CT molecular complexity index is 1210. The largest absolute Gasteiger partial charge is 0.483 e. The van der Waals surface area contributed by atoms with Crippen LogP contribution in [0.2, 0.25) is 0 Å². The van der Waals surface area contributed by atoms with Crippen LogP contribution in [-0.4, -0.2) is 56.8 Å². The van der Waals surface area contributed by atoms with Crippen LogP contribution in [0.5, 0.6) is 5.75 Å². The number of hydrogen-bond donors (Lipinski definition) is 0. The molecule has 0 spiro atoms. The molecule has 1 aromatic carbocycles. The summed E-state index contributed by atoms with van der Waals surface area (Å²) in [6.07, 6.45) is 5.78. The van der Waals surface area contributed by atoms with Crippen LogP contribution in [0.4, 0.5) is 0 Å². The fraction of sp³-hybridized carbons (Fsp3) is 0.348. The van der Waals surface area contributed by atoms with Crippen molar-refractivity contribution >= 4 is 22.5 Å². The lowest BCUT2D eigenvalue weighted by molar-refractivity contribution is -0.134. The third kappa shape index (κ3) is 3.63. The predicted molar refractivity (Wildman–Crippen MR) is 116 cm³/mol. The van der Waals surface area contributed by atoms with E-state index >= 15 is 0 Å². The van der Waals surface area contributed by atoms with E-state index < -0.39 is 0 Å². The Labute approximate surface area is 180 Å². The van der Waals surface area contributed by atoms with Crippen LogP contribution in [0.15, 0.2) is 54.9 Å². The number of aromatic nitrogens is 4. The molecule has 0 aliphatic carbocycles. The molecule has 4 aromatic rings. The van der Waals surface area contributed by atoms with E-state index in [1.807, 2.05) is 64.2 Å². The van der Waals surface area contributed by atoms with E-state index in [1.54, 1.807) is 7.11 Å². The van der Waals surface area contributed by atoms with Crippen LogP contribution < -0.4 is 4.74 Å². The number of pyridine rings is 1. The van der Waals surface area contributed by atoms with Gasteiger partial charge in [0.1, 0.15) is 5.75 Å². The van der Waals surface area contributed by atoms with Crippen molar-refractivity contribution in [3.8, 4) is 5.75 Å². The van der Waals surface area contributed by atoms with Gasteiger partial charge in [-0.05, 0) is 43.2 Å². The van der Waals surface area contributed by atoms with Crippen molar-refractivity contribution in [1.29, 1.82) is 0 Å². The Morgan fingerprint density at radius 1 is 1.13 bits per heavy atom. The van der Waals surface area contributed by atoms with Crippen LogP contribution >= 0.6 is 0 Å². The minimum absolute atomic E-state index is 0.00436. The number of hydrogen-bond acceptors (Lipinski definition) is 5. The quantitative estimate of drug-likeness (QED) is 0.460. The van der Waals surface area contributed by atoms with E-state index in [2.05, 4.69) is 14.8 Å². The zero-order valence-electron chi connectivity index (χ0n) is 17.5. The normalized spacial score (nSPS) is 16.4. The van der Waals surface area contributed by atoms with Gasteiger partial charge in [0.25, 0.3) is 5.91 Å².